The van der Waals surface area contributed by atoms with Gasteiger partial charge in [0.05, 0.1) is 11.9 Å². The molecule has 0 aliphatic rings. The van der Waals surface area contributed by atoms with Gasteiger partial charge >= 0.3 is 37.7 Å². The Labute approximate surface area is 158 Å². The number of carbonyl (C=O) groups excluding carboxylic acids is 2. The predicted octanol–water partition coefficient (Wildman–Crippen LogP) is -0.480. The number of benzene rings is 1. The molecule has 1 aromatic carbocycles. The molecule has 0 aromatic heterocycles. The Morgan fingerprint density at radius 3 is 1.48 bits per heavy atom. The molecule has 0 saturated heterocycles. The molecule has 5 nitrogen and oxygen atoms in total. The molecule has 0 radical (unpaired) electrons. The van der Waals surface area contributed by atoms with E-state index in [0.29, 0.717) is 0 Å². The van der Waals surface area contributed by atoms with E-state index in [0.717, 1.165) is 17.0 Å². The van der Waals surface area contributed by atoms with E-state index in [2.05, 4.69) is 20.8 Å². The van der Waals surface area contributed by atoms with E-state index < -0.39 is 11.9 Å². The van der Waals surface area contributed by atoms with Crippen molar-refractivity contribution in [2.45, 2.75) is 20.8 Å². The quantitative estimate of drug-likeness (QED) is 0.531. The summed E-state index contributed by atoms with van der Waals surface area (Å²) in [5.41, 5.74) is -0.339. The summed E-state index contributed by atoms with van der Waals surface area (Å²) in [6, 6.07) is 4.81. The Balaban J connectivity index is -0.000000317. The van der Waals surface area contributed by atoms with Crippen LogP contribution in [-0.4, -0.2) is 72.4 Å². The molecule has 1 rings (SSSR count). The first-order valence-corrected chi connectivity index (χ1v) is 7.86. The molecule has 1 N–H and O–H groups in total. The minimum absolute atomic E-state index is 0. The number of aromatic carboxylic acids is 2. The maximum atomic E-state index is 10.3. The number of hydrogen-bond donors (Lipinski definition) is 0. The minimum Gasteiger partial charge on any atom is -0.870 e. The SMILES string of the molecule is CC[S+](CC)CC.O=C([O-])c1cccc(C(=O)[O-])c1.[Ca+2].[OH-]. The molecule has 0 saturated carbocycles. The van der Waals surface area contributed by atoms with Crippen LogP contribution in [0.4, 0.5) is 0 Å². The molecule has 114 valence electrons. The van der Waals surface area contributed by atoms with Crippen molar-refractivity contribution in [2.75, 3.05) is 17.3 Å². The summed E-state index contributed by atoms with van der Waals surface area (Å²) in [6.45, 7) is 6.82. The van der Waals surface area contributed by atoms with Gasteiger partial charge in [-0.2, -0.15) is 0 Å². The van der Waals surface area contributed by atoms with Crippen LogP contribution in [0.15, 0.2) is 24.3 Å². The van der Waals surface area contributed by atoms with Gasteiger partial charge < -0.3 is 25.3 Å². The molecule has 0 amide bonds. The van der Waals surface area contributed by atoms with Crippen molar-refractivity contribution in [2.24, 2.45) is 0 Å². The molecule has 0 bridgehead atoms. The Morgan fingerprint density at radius 1 is 0.952 bits per heavy atom. The zero-order valence-corrected chi connectivity index (χ0v) is 15.7. The number of carboxylic acids is 2. The average molecular weight is 340 g/mol. The molecule has 1 aromatic rings. The third-order valence-electron chi connectivity index (χ3n) is 2.56. The summed E-state index contributed by atoms with van der Waals surface area (Å²) in [6.07, 6.45) is 0. The van der Waals surface area contributed by atoms with Crippen molar-refractivity contribution >= 4 is 60.6 Å². The van der Waals surface area contributed by atoms with Gasteiger partial charge in [0, 0.05) is 0 Å². The van der Waals surface area contributed by atoms with Gasteiger partial charge in [-0.25, -0.2) is 0 Å². The Kier molecular flexibility index (Phi) is 17.9. The summed E-state index contributed by atoms with van der Waals surface area (Å²) >= 11 is 0. The second kappa shape index (κ2) is 14.7. The largest absolute Gasteiger partial charge is 2.00 e. The standard InChI is InChI=1S/C8H6O4.C6H15S.Ca.H2O/c9-7(10)5-2-1-3-6(4-5)8(11)12;1-4-7(5-2)6-3;;/h1-4H,(H,9,10)(H,11,12);4-6H2,1-3H3;;1H2/q;+1;+2;/p-3. The maximum absolute atomic E-state index is 10.3. The number of carboxylic acid groups (broad SMARTS) is 2. The van der Waals surface area contributed by atoms with E-state index in [-0.39, 0.29) is 54.3 Å². The zero-order valence-electron chi connectivity index (χ0n) is 12.6. The van der Waals surface area contributed by atoms with Crippen molar-refractivity contribution in [3.63, 3.8) is 0 Å². The Morgan fingerprint density at radius 2 is 1.29 bits per heavy atom. The van der Waals surface area contributed by atoms with Crippen molar-refractivity contribution in [1.82, 2.24) is 0 Å². The first-order valence-electron chi connectivity index (χ1n) is 6.13. The van der Waals surface area contributed by atoms with Gasteiger partial charge in [0.2, 0.25) is 0 Å². The second-order valence-corrected chi connectivity index (χ2v) is 6.59. The van der Waals surface area contributed by atoms with Crippen molar-refractivity contribution in [3.05, 3.63) is 35.4 Å². The number of carbonyl (C=O) groups is 2. The summed E-state index contributed by atoms with van der Waals surface area (Å²) in [5.74, 6) is 1.34. The zero-order chi connectivity index (χ0) is 14.8. The molecule has 7 heteroatoms. The predicted molar refractivity (Wildman–Crippen MR) is 81.8 cm³/mol. The van der Waals surface area contributed by atoms with Crippen molar-refractivity contribution in [3.8, 4) is 0 Å². The Bertz CT molecular complexity index is 387. The topological polar surface area (TPSA) is 110 Å². The molecular weight excluding hydrogens is 320 g/mol. The molecule has 0 heterocycles. The number of hydrogen-bond acceptors (Lipinski definition) is 5. The minimum atomic E-state index is -1.40. The van der Waals surface area contributed by atoms with Crippen LogP contribution in [0.25, 0.3) is 0 Å². The average Bonchev–Trinajstić information content (AvgIpc) is 2.41. The fourth-order valence-electron chi connectivity index (χ4n) is 1.39. The fraction of sp³-hybridized carbons (Fsp3) is 0.429. The second-order valence-electron chi connectivity index (χ2n) is 3.63. The third kappa shape index (κ3) is 11.0. The van der Waals surface area contributed by atoms with Crippen LogP contribution in [0, 0.1) is 0 Å². The summed E-state index contributed by atoms with van der Waals surface area (Å²) in [4.78, 5) is 20.5. The normalized spacial score (nSPS) is 8.76. The molecule has 0 atom stereocenters. The number of rotatable bonds is 5. The van der Waals surface area contributed by atoms with Crippen LogP contribution >= 0.6 is 0 Å². The third-order valence-corrected chi connectivity index (χ3v) is 5.01. The van der Waals surface area contributed by atoms with Gasteiger partial charge in [0.1, 0.15) is 17.3 Å². The first-order chi connectivity index (χ1) is 8.96. The van der Waals surface area contributed by atoms with Gasteiger partial charge in [0.15, 0.2) is 0 Å². The van der Waals surface area contributed by atoms with E-state index in [1.54, 1.807) is 0 Å². The van der Waals surface area contributed by atoms with Crippen LogP contribution in [0.2, 0.25) is 0 Å². The summed E-state index contributed by atoms with van der Waals surface area (Å²) in [5, 5.41) is 20.5. The van der Waals surface area contributed by atoms with E-state index in [1.165, 1.54) is 35.5 Å². The van der Waals surface area contributed by atoms with E-state index in [9.17, 15) is 19.8 Å². The fourth-order valence-corrected chi connectivity index (χ4v) is 2.61. The van der Waals surface area contributed by atoms with Crippen LogP contribution in [-0.2, 0) is 10.9 Å². The van der Waals surface area contributed by atoms with Gasteiger partial charge in [0.25, 0.3) is 0 Å². The van der Waals surface area contributed by atoms with Crippen molar-refractivity contribution in [1.29, 1.82) is 0 Å². The van der Waals surface area contributed by atoms with Gasteiger partial charge in [-0.15, -0.1) is 0 Å². The van der Waals surface area contributed by atoms with E-state index >= 15 is 0 Å². The first kappa shape index (κ1) is 25.7. The van der Waals surface area contributed by atoms with Crippen LogP contribution in [0.5, 0.6) is 0 Å². The molecule has 0 aliphatic heterocycles. The smallest absolute Gasteiger partial charge is 0.870 e. The van der Waals surface area contributed by atoms with Gasteiger partial charge in [-0.05, 0) is 48.9 Å². The molecule has 0 spiro atoms. The molecule has 0 fully saturated rings. The van der Waals surface area contributed by atoms with Crippen LogP contribution in [0.3, 0.4) is 0 Å². The van der Waals surface area contributed by atoms with Crippen molar-refractivity contribution < 1.29 is 25.3 Å². The molecule has 0 aliphatic carbocycles. The molecule has 0 unspecified atom stereocenters. The van der Waals surface area contributed by atoms with E-state index in [1.807, 2.05) is 0 Å². The van der Waals surface area contributed by atoms with Crippen LogP contribution < -0.4 is 10.2 Å². The maximum Gasteiger partial charge on any atom is 2.00 e. The Hall–Kier alpha value is -0.270. The summed E-state index contributed by atoms with van der Waals surface area (Å²) in [7, 11) is 0.755. The monoisotopic (exact) mass is 340 g/mol. The van der Waals surface area contributed by atoms with Gasteiger partial charge in [-0.3, -0.25) is 0 Å². The molecule has 21 heavy (non-hydrogen) atoms. The van der Waals surface area contributed by atoms with Gasteiger partial charge in [-0.1, -0.05) is 18.2 Å². The summed E-state index contributed by atoms with van der Waals surface area (Å²) < 4.78 is 0. The van der Waals surface area contributed by atoms with Crippen LogP contribution in [0.1, 0.15) is 41.5 Å². The molecular formula is C14H20CaO5S. The van der Waals surface area contributed by atoms with E-state index in [4.69, 9.17) is 0 Å².